The van der Waals surface area contributed by atoms with Gasteiger partial charge in [-0.15, -0.1) is 0 Å². The van der Waals surface area contributed by atoms with E-state index in [9.17, 15) is 0 Å². The largest absolute Gasteiger partial charge is 0.496 e. The van der Waals surface area contributed by atoms with Crippen LogP contribution in [0.25, 0.3) is 0 Å². The topological polar surface area (TPSA) is 47.0 Å². The van der Waals surface area contributed by atoms with Gasteiger partial charge in [-0.05, 0) is 26.0 Å². The molecule has 0 saturated carbocycles. The third kappa shape index (κ3) is 2.77. The van der Waals surface area contributed by atoms with Crippen LogP contribution in [-0.2, 0) is 0 Å². The molecular formula is C14H17N3O. The number of aryl methyl sites for hydroxylation is 1. The molecule has 4 nitrogen and oxygen atoms in total. The van der Waals surface area contributed by atoms with Gasteiger partial charge in [-0.2, -0.15) is 0 Å². The van der Waals surface area contributed by atoms with Gasteiger partial charge in [0.05, 0.1) is 13.2 Å². The number of nitrogens with one attached hydrogen (secondary N) is 1. The number of rotatable bonds is 4. The molecule has 1 heterocycles. The van der Waals surface area contributed by atoms with Crippen LogP contribution in [0, 0.1) is 6.92 Å². The first-order valence-electron chi connectivity index (χ1n) is 5.90. The van der Waals surface area contributed by atoms with Crippen molar-refractivity contribution in [3.8, 4) is 5.75 Å². The second-order valence-electron chi connectivity index (χ2n) is 4.13. The van der Waals surface area contributed by atoms with Crippen molar-refractivity contribution in [3.05, 3.63) is 47.8 Å². The monoisotopic (exact) mass is 243 g/mol. The van der Waals surface area contributed by atoms with Crippen LogP contribution >= 0.6 is 0 Å². The highest BCUT2D eigenvalue weighted by atomic mass is 16.5. The first-order valence-corrected chi connectivity index (χ1v) is 5.90. The van der Waals surface area contributed by atoms with Crippen LogP contribution in [0.15, 0.2) is 36.5 Å². The first kappa shape index (κ1) is 12.4. The molecule has 0 saturated heterocycles. The van der Waals surface area contributed by atoms with E-state index in [4.69, 9.17) is 4.74 Å². The van der Waals surface area contributed by atoms with Gasteiger partial charge in [0.25, 0.3) is 0 Å². The van der Waals surface area contributed by atoms with Crippen LogP contribution in [0.2, 0.25) is 0 Å². The summed E-state index contributed by atoms with van der Waals surface area (Å²) in [6.07, 6.45) is 1.75. The van der Waals surface area contributed by atoms with E-state index in [2.05, 4.69) is 22.2 Å². The third-order valence-corrected chi connectivity index (χ3v) is 2.75. The Kier molecular flexibility index (Phi) is 3.77. The minimum atomic E-state index is 0.0861. The lowest BCUT2D eigenvalue weighted by molar-refractivity contribution is 0.408. The number of anilines is 1. The van der Waals surface area contributed by atoms with Gasteiger partial charge in [0.2, 0.25) is 5.95 Å². The van der Waals surface area contributed by atoms with Crippen LogP contribution < -0.4 is 10.1 Å². The van der Waals surface area contributed by atoms with Gasteiger partial charge >= 0.3 is 0 Å². The molecule has 1 atom stereocenters. The van der Waals surface area contributed by atoms with Crippen molar-refractivity contribution in [3.63, 3.8) is 0 Å². The van der Waals surface area contributed by atoms with Gasteiger partial charge in [0.15, 0.2) is 0 Å². The quantitative estimate of drug-likeness (QED) is 0.896. The molecule has 2 aromatic rings. The Morgan fingerprint density at radius 3 is 2.72 bits per heavy atom. The number of methoxy groups -OCH3 is 1. The Hall–Kier alpha value is -2.10. The zero-order valence-corrected chi connectivity index (χ0v) is 10.8. The van der Waals surface area contributed by atoms with Crippen molar-refractivity contribution >= 4 is 5.95 Å². The van der Waals surface area contributed by atoms with Crippen molar-refractivity contribution in [2.24, 2.45) is 0 Å². The molecule has 0 aliphatic heterocycles. The van der Waals surface area contributed by atoms with E-state index in [1.54, 1.807) is 13.3 Å². The number of nitrogens with zero attached hydrogens (tertiary/aromatic N) is 2. The summed E-state index contributed by atoms with van der Waals surface area (Å²) in [4.78, 5) is 8.53. The lowest BCUT2D eigenvalue weighted by Gasteiger charge is -2.17. The molecule has 18 heavy (non-hydrogen) atoms. The maximum Gasteiger partial charge on any atom is 0.223 e. The maximum atomic E-state index is 5.35. The lowest BCUT2D eigenvalue weighted by Crippen LogP contribution is -2.10. The molecule has 0 amide bonds. The molecule has 1 aromatic heterocycles. The Bertz CT molecular complexity index is 528. The van der Waals surface area contributed by atoms with Crippen LogP contribution in [0.4, 0.5) is 5.95 Å². The minimum absolute atomic E-state index is 0.0861. The smallest absolute Gasteiger partial charge is 0.223 e. The molecule has 0 unspecified atom stereocenters. The third-order valence-electron chi connectivity index (χ3n) is 2.75. The van der Waals surface area contributed by atoms with Crippen LogP contribution in [0.3, 0.4) is 0 Å². The summed E-state index contributed by atoms with van der Waals surface area (Å²) in [6, 6.07) is 9.89. The predicted octanol–water partition coefficient (Wildman–Crippen LogP) is 2.97. The van der Waals surface area contributed by atoms with E-state index in [0.717, 1.165) is 17.0 Å². The van der Waals surface area contributed by atoms with Crippen LogP contribution in [-0.4, -0.2) is 17.1 Å². The molecule has 0 fully saturated rings. The molecule has 4 heteroatoms. The summed E-state index contributed by atoms with van der Waals surface area (Å²) in [6.45, 7) is 4.00. The Morgan fingerprint density at radius 1 is 1.22 bits per heavy atom. The van der Waals surface area contributed by atoms with Crippen molar-refractivity contribution in [2.75, 3.05) is 12.4 Å². The highest BCUT2D eigenvalue weighted by molar-refractivity contribution is 5.40. The van der Waals surface area contributed by atoms with Crippen molar-refractivity contribution in [1.82, 2.24) is 9.97 Å². The molecule has 0 aliphatic carbocycles. The summed E-state index contributed by atoms with van der Waals surface area (Å²) in [7, 11) is 1.68. The Morgan fingerprint density at radius 2 is 2.00 bits per heavy atom. The van der Waals surface area contributed by atoms with Gasteiger partial charge in [0.1, 0.15) is 5.75 Å². The summed E-state index contributed by atoms with van der Waals surface area (Å²) < 4.78 is 5.35. The average Bonchev–Trinajstić information content (AvgIpc) is 2.38. The van der Waals surface area contributed by atoms with Gasteiger partial charge in [-0.25, -0.2) is 9.97 Å². The van der Waals surface area contributed by atoms with Crippen molar-refractivity contribution in [2.45, 2.75) is 19.9 Å². The average molecular weight is 243 g/mol. The number of para-hydroxylation sites is 1. The molecule has 94 valence electrons. The molecular weight excluding hydrogens is 226 g/mol. The zero-order chi connectivity index (χ0) is 13.0. The second-order valence-corrected chi connectivity index (χ2v) is 4.13. The standard InChI is InChI=1S/C14H17N3O/c1-10-8-9-15-14(16-10)17-11(2)12-6-4-5-7-13(12)18-3/h4-9,11H,1-3H3,(H,15,16,17)/t11-/m1/s1. The fourth-order valence-corrected chi connectivity index (χ4v) is 1.81. The van der Waals surface area contributed by atoms with E-state index in [-0.39, 0.29) is 6.04 Å². The number of aromatic nitrogens is 2. The summed E-state index contributed by atoms with van der Waals surface area (Å²) >= 11 is 0. The Labute approximate surface area is 107 Å². The van der Waals surface area contributed by atoms with Gasteiger partial charge in [-0.3, -0.25) is 0 Å². The number of hydrogen-bond acceptors (Lipinski definition) is 4. The number of benzene rings is 1. The molecule has 0 spiro atoms. The Balaban J connectivity index is 2.19. The first-order chi connectivity index (χ1) is 8.70. The summed E-state index contributed by atoms with van der Waals surface area (Å²) in [5, 5.41) is 3.27. The molecule has 0 aliphatic rings. The predicted molar refractivity (Wildman–Crippen MR) is 71.8 cm³/mol. The lowest BCUT2D eigenvalue weighted by atomic mass is 10.1. The van der Waals surface area contributed by atoms with Gasteiger partial charge < -0.3 is 10.1 Å². The highest BCUT2D eigenvalue weighted by Gasteiger charge is 2.11. The minimum Gasteiger partial charge on any atom is -0.496 e. The fraction of sp³-hybridized carbons (Fsp3) is 0.286. The van der Waals surface area contributed by atoms with E-state index >= 15 is 0 Å². The van der Waals surface area contributed by atoms with Crippen molar-refractivity contribution in [1.29, 1.82) is 0 Å². The van der Waals surface area contributed by atoms with Gasteiger partial charge in [-0.1, -0.05) is 18.2 Å². The fourth-order valence-electron chi connectivity index (χ4n) is 1.81. The van der Waals surface area contributed by atoms with Gasteiger partial charge in [0, 0.05) is 17.5 Å². The van der Waals surface area contributed by atoms with Crippen molar-refractivity contribution < 1.29 is 4.74 Å². The van der Waals surface area contributed by atoms with E-state index in [1.165, 1.54) is 0 Å². The zero-order valence-electron chi connectivity index (χ0n) is 10.8. The SMILES string of the molecule is COc1ccccc1[C@@H](C)Nc1nccc(C)n1. The second kappa shape index (κ2) is 5.49. The van der Waals surface area contributed by atoms with Crippen LogP contribution in [0.5, 0.6) is 5.75 Å². The summed E-state index contributed by atoms with van der Waals surface area (Å²) in [5.41, 5.74) is 2.03. The maximum absolute atomic E-state index is 5.35. The molecule has 2 rings (SSSR count). The van der Waals surface area contributed by atoms with E-state index in [0.29, 0.717) is 5.95 Å². The summed E-state index contributed by atoms with van der Waals surface area (Å²) in [5.74, 6) is 1.50. The van der Waals surface area contributed by atoms with E-state index in [1.807, 2.05) is 37.3 Å². The molecule has 0 bridgehead atoms. The number of ether oxygens (including phenoxy) is 1. The van der Waals surface area contributed by atoms with Crippen LogP contribution in [0.1, 0.15) is 24.2 Å². The highest BCUT2D eigenvalue weighted by Crippen LogP contribution is 2.26. The van der Waals surface area contributed by atoms with E-state index < -0.39 is 0 Å². The molecule has 0 radical (unpaired) electrons. The molecule has 1 N–H and O–H groups in total. The normalized spacial score (nSPS) is 11.9. The molecule has 1 aromatic carbocycles. The number of hydrogen-bond donors (Lipinski definition) is 1.